The summed E-state index contributed by atoms with van der Waals surface area (Å²) in [6.07, 6.45) is 0. The summed E-state index contributed by atoms with van der Waals surface area (Å²) < 4.78 is 15.4. The van der Waals surface area contributed by atoms with Gasteiger partial charge in [-0.05, 0) is 65.7 Å². The number of hydrogen-bond acceptors (Lipinski definition) is 5. The van der Waals surface area contributed by atoms with Gasteiger partial charge in [0.25, 0.3) is 0 Å². The number of fused-ring (bicyclic) bond motifs is 9. The predicted octanol–water partition coefficient (Wildman–Crippen LogP) is 13.4. The van der Waals surface area contributed by atoms with Crippen molar-refractivity contribution in [3.8, 4) is 51.0 Å². The van der Waals surface area contributed by atoms with Crippen molar-refractivity contribution in [1.29, 1.82) is 0 Å². The zero-order chi connectivity index (χ0) is 37.5. The molecule has 6 heteroatoms. The van der Waals surface area contributed by atoms with Gasteiger partial charge in [0.1, 0.15) is 22.3 Å². The molecule has 0 spiro atoms. The summed E-state index contributed by atoms with van der Waals surface area (Å²) in [5.41, 5.74) is 11.5. The molecule has 12 aromatic rings. The highest BCUT2D eigenvalue weighted by Gasteiger charge is 2.20. The van der Waals surface area contributed by atoms with Crippen molar-refractivity contribution in [3.05, 3.63) is 182 Å². The fourth-order valence-electron chi connectivity index (χ4n) is 8.50. The second kappa shape index (κ2) is 12.3. The van der Waals surface area contributed by atoms with E-state index in [-0.39, 0.29) is 0 Å². The highest BCUT2D eigenvalue weighted by molar-refractivity contribution is 6.17. The molecule has 4 aromatic heterocycles. The van der Waals surface area contributed by atoms with Crippen molar-refractivity contribution in [1.82, 2.24) is 19.5 Å². The molecule has 266 valence electrons. The molecule has 57 heavy (non-hydrogen) atoms. The molecular formula is C51H30N4O2. The van der Waals surface area contributed by atoms with Crippen LogP contribution in [0.5, 0.6) is 0 Å². The van der Waals surface area contributed by atoms with E-state index in [4.69, 9.17) is 23.8 Å². The van der Waals surface area contributed by atoms with Gasteiger partial charge in [-0.15, -0.1) is 0 Å². The first-order valence-corrected chi connectivity index (χ1v) is 19.0. The van der Waals surface area contributed by atoms with Gasteiger partial charge >= 0.3 is 0 Å². The van der Waals surface area contributed by atoms with Gasteiger partial charge in [0.15, 0.2) is 17.5 Å². The predicted molar refractivity (Wildman–Crippen MR) is 230 cm³/mol. The van der Waals surface area contributed by atoms with Gasteiger partial charge < -0.3 is 13.4 Å². The molecule has 0 aliphatic heterocycles. The summed E-state index contributed by atoms with van der Waals surface area (Å²) in [6, 6.07) is 62.7. The third-order valence-corrected chi connectivity index (χ3v) is 11.1. The van der Waals surface area contributed by atoms with Crippen LogP contribution in [0.3, 0.4) is 0 Å². The second-order valence-electron chi connectivity index (χ2n) is 14.4. The lowest BCUT2D eigenvalue weighted by Crippen LogP contribution is -2.00. The number of benzene rings is 8. The molecule has 0 unspecified atom stereocenters. The lowest BCUT2D eigenvalue weighted by atomic mass is 9.97. The second-order valence-corrected chi connectivity index (χ2v) is 14.4. The molecule has 0 saturated carbocycles. The minimum Gasteiger partial charge on any atom is -0.456 e. The smallest absolute Gasteiger partial charge is 0.164 e. The molecule has 0 aliphatic carbocycles. The van der Waals surface area contributed by atoms with E-state index in [1.54, 1.807) is 0 Å². The zero-order valence-corrected chi connectivity index (χ0v) is 30.4. The fraction of sp³-hybridized carbons (Fsp3) is 0. The number of hydrogen-bond donors (Lipinski definition) is 0. The Balaban J connectivity index is 1.06. The molecule has 0 aliphatic rings. The molecule has 12 rings (SSSR count). The van der Waals surface area contributed by atoms with Gasteiger partial charge in [0.2, 0.25) is 0 Å². The van der Waals surface area contributed by atoms with Crippen molar-refractivity contribution in [2.24, 2.45) is 0 Å². The van der Waals surface area contributed by atoms with Gasteiger partial charge in [-0.1, -0.05) is 127 Å². The monoisotopic (exact) mass is 730 g/mol. The first-order chi connectivity index (χ1) is 28.2. The Morgan fingerprint density at radius 1 is 0.333 bits per heavy atom. The summed E-state index contributed by atoms with van der Waals surface area (Å²) in [4.78, 5) is 15.1. The number of aromatic nitrogens is 4. The lowest BCUT2D eigenvalue weighted by molar-refractivity contribution is 0.669. The van der Waals surface area contributed by atoms with Crippen LogP contribution in [0.2, 0.25) is 0 Å². The van der Waals surface area contributed by atoms with Crippen LogP contribution < -0.4 is 0 Å². The Morgan fingerprint density at radius 2 is 0.842 bits per heavy atom. The molecule has 8 aromatic carbocycles. The van der Waals surface area contributed by atoms with Crippen molar-refractivity contribution >= 4 is 65.7 Å². The van der Waals surface area contributed by atoms with Gasteiger partial charge in [-0.25, -0.2) is 15.0 Å². The van der Waals surface area contributed by atoms with Crippen molar-refractivity contribution in [2.75, 3.05) is 0 Å². The normalized spacial score (nSPS) is 11.9. The van der Waals surface area contributed by atoms with E-state index in [9.17, 15) is 0 Å². The molecule has 0 radical (unpaired) electrons. The minimum atomic E-state index is 0.585. The van der Waals surface area contributed by atoms with Crippen molar-refractivity contribution in [3.63, 3.8) is 0 Å². The number of nitrogens with zero attached hydrogens (tertiary/aromatic N) is 4. The summed E-state index contributed by atoms with van der Waals surface area (Å²) in [5.74, 6) is 1.81. The van der Waals surface area contributed by atoms with Crippen LogP contribution in [0.4, 0.5) is 0 Å². The SMILES string of the molecule is c1ccc(-c2nc(-c3ccccc3)nc(-c3cccc4oc5ccc(-c6cccc7oc8ccc(-n9c%10ccccc%10c%10ccccc%109)cc8c67)cc5c34)n2)cc1. The molecule has 0 amide bonds. The molecular weight excluding hydrogens is 701 g/mol. The Labute approximate surface area is 325 Å². The van der Waals surface area contributed by atoms with E-state index in [1.165, 1.54) is 21.8 Å². The van der Waals surface area contributed by atoms with Crippen molar-refractivity contribution < 1.29 is 8.83 Å². The maximum absolute atomic E-state index is 6.53. The van der Waals surface area contributed by atoms with Crippen LogP contribution in [-0.2, 0) is 0 Å². The number of para-hydroxylation sites is 2. The van der Waals surface area contributed by atoms with E-state index in [0.717, 1.165) is 77.4 Å². The Bertz CT molecular complexity index is 3410. The van der Waals surface area contributed by atoms with Gasteiger partial charge in [-0.3, -0.25) is 0 Å². The van der Waals surface area contributed by atoms with Gasteiger partial charge in [-0.2, -0.15) is 0 Å². The van der Waals surface area contributed by atoms with E-state index in [1.807, 2.05) is 72.8 Å². The van der Waals surface area contributed by atoms with E-state index in [2.05, 4.69) is 114 Å². The quantitative estimate of drug-likeness (QED) is 0.176. The van der Waals surface area contributed by atoms with Crippen LogP contribution in [0.1, 0.15) is 0 Å². The standard InChI is InChI=1S/C51H30N4O2/c1-3-13-31(14-4-1)49-52-50(32-15-5-2-6-16-32)54-51(53-49)38-20-12-24-46-48(38)39-29-33(25-27-43(39)56-46)35-19-11-23-45-47(35)40-30-34(26-28-44(40)57-45)55-41-21-9-7-17-36(41)37-18-8-10-22-42(37)55/h1-30H. The van der Waals surface area contributed by atoms with Crippen LogP contribution in [-0.4, -0.2) is 19.5 Å². The van der Waals surface area contributed by atoms with Gasteiger partial charge in [0, 0.05) is 54.7 Å². The maximum atomic E-state index is 6.53. The third-order valence-electron chi connectivity index (χ3n) is 11.1. The molecule has 0 N–H and O–H groups in total. The largest absolute Gasteiger partial charge is 0.456 e. The topological polar surface area (TPSA) is 69.9 Å². The minimum absolute atomic E-state index is 0.585. The first-order valence-electron chi connectivity index (χ1n) is 19.0. The van der Waals surface area contributed by atoms with Gasteiger partial charge in [0.05, 0.1) is 11.0 Å². The van der Waals surface area contributed by atoms with E-state index < -0.39 is 0 Å². The van der Waals surface area contributed by atoms with Crippen LogP contribution >= 0.6 is 0 Å². The lowest BCUT2D eigenvalue weighted by Gasteiger charge is -2.09. The fourth-order valence-corrected chi connectivity index (χ4v) is 8.50. The molecule has 0 saturated heterocycles. The number of furan rings is 2. The van der Waals surface area contributed by atoms with Crippen LogP contribution in [0, 0.1) is 0 Å². The summed E-state index contributed by atoms with van der Waals surface area (Å²) in [7, 11) is 0. The molecule has 6 nitrogen and oxygen atoms in total. The van der Waals surface area contributed by atoms with E-state index in [0.29, 0.717) is 17.5 Å². The van der Waals surface area contributed by atoms with Crippen LogP contribution in [0.15, 0.2) is 191 Å². The third kappa shape index (κ3) is 4.94. The highest BCUT2D eigenvalue weighted by atomic mass is 16.3. The Kier molecular flexibility index (Phi) is 6.83. The van der Waals surface area contributed by atoms with Crippen molar-refractivity contribution in [2.45, 2.75) is 0 Å². The average molecular weight is 731 g/mol. The van der Waals surface area contributed by atoms with Crippen LogP contribution in [0.25, 0.3) is 117 Å². The summed E-state index contributed by atoms with van der Waals surface area (Å²) in [5, 5.41) is 6.53. The van der Waals surface area contributed by atoms with E-state index >= 15 is 0 Å². The Hall–Kier alpha value is -7.83. The molecule has 4 heterocycles. The first kappa shape index (κ1) is 31.5. The molecule has 0 fully saturated rings. The number of rotatable bonds is 5. The maximum Gasteiger partial charge on any atom is 0.164 e. The summed E-state index contributed by atoms with van der Waals surface area (Å²) >= 11 is 0. The highest BCUT2D eigenvalue weighted by Crippen LogP contribution is 2.42. The summed E-state index contributed by atoms with van der Waals surface area (Å²) in [6.45, 7) is 0. The Morgan fingerprint density at radius 3 is 1.47 bits per heavy atom. The average Bonchev–Trinajstić information content (AvgIpc) is 3.96. The molecule has 0 bridgehead atoms. The zero-order valence-electron chi connectivity index (χ0n) is 30.4. The molecule has 0 atom stereocenters.